The fourth-order valence-corrected chi connectivity index (χ4v) is 4.23. The third kappa shape index (κ3) is 5.46. The van der Waals surface area contributed by atoms with E-state index in [0.29, 0.717) is 12.1 Å². The van der Waals surface area contributed by atoms with Gasteiger partial charge in [-0.2, -0.15) is 5.10 Å². The molecular formula is C17H22Cl3FN4O2S. The summed E-state index contributed by atoms with van der Waals surface area (Å²) in [4.78, 5) is 0.0328. The second-order valence-electron chi connectivity index (χ2n) is 6.13. The molecule has 0 unspecified atom stereocenters. The van der Waals surface area contributed by atoms with Crippen LogP contribution in [-0.4, -0.2) is 43.1 Å². The molecule has 0 aliphatic heterocycles. The maximum Gasteiger partial charge on any atom is 0.244 e. The molecule has 0 aliphatic carbocycles. The summed E-state index contributed by atoms with van der Waals surface area (Å²) in [6.45, 7) is 1.84. The summed E-state index contributed by atoms with van der Waals surface area (Å²) in [5.41, 5.74) is 7.50. The fraction of sp³-hybridized carbons (Fsp3) is 0.353. The van der Waals surface area contributed by atoms with Crippen LogP contribution in [0.1, 0.15) is 16.8 Å². The van der Waals surface area contributed by atoms with Crippen LogP contribution in [0.4, 0.5) is 4.39 Å². The molecular weight excluding hydrogens is 450 g/mol. The van der Waals surface area contributed by atoms with E-state index in [1.54, 1.807) is 19.1 Å². The number of hydrogen-bond donors (Lipinski definition) is 1. The summed E-state index contributed by atoms with van der Waals surface area (Å²) >= 11 is 12.4. The highest BCUT2D eigenvalue weighted by Gasteiger charge is 2.21. The topological polar surface area (TPSA) is 81.2 Å². The number of halogens is 4. The lowest BCUT2D eigenvalue weighted by atomic mass is 10.1. The van der Waals surface area contributed by atoms with E-state index in [0.717, 1.165) is 15.4 Å². The maximum absolute atomic E-state index is 13.7. The highest BCUT2D eigenvalue weighted by Crippen LogP contribution is 2.28. The number of aromatic nitrogens is 2. The van der Waals surface area contributed by atoms with E-state index in [9.17, 15) is 12.8 Å². The van der Waals surface area contributed by atoms with E-state index in [2.05, 4.69) is 5.10 Å². The van der Waals surface area contributed by atoms with E-state index in [1.165, 1.54) is 30.9 Å². The normalized spacial score (nSPS) is 12.4. The van der Waals surface area contributed by atoms with Crippen LogP contribution in [-0.2, 0) is 23.0 Å². The van der Waals surface area contributed by atoms with Crippen molar-refractivity contribution in [3.05, 3.63) is 57.1 Å². The van der Waals surface area contributed by atoms with Crippen LogP contribution in [0, 0.1) is 6.92 Å². The van der Waals surface area contributed by atoms with Crippen LogP contribution in [0.25, 0.3) is 0 Å². The first kappa shape index (κ1) is 24.9. The van der Waals surface area contributed by atoms with E-state index in [1.807, 2.05) is 0 Å². The SMILES string of the molecule is Cc1c(Cc2ccc(S(=O)(=O)N(C)C)c(Cl)c2)c(Cl)nn1C/C(F)=C/CN.Cl. The molecule has 11 heteroatoms. The number of benzene rings is 1. The maximum atomic E-state index is 13.7. The van der Waals surface area contributed by atoms with Gasteiger partial charge in [0, 0.05) is 38.3 Å². The quantitative estimate of drug-likeness (QED) is 0.669. The van der Waals surface area contributed by atoms with Crippen molar-refractivity contribution < 1.29 is 12.8 Å². The van der Waals surface area contributed by atoms with Gasteiger partial charge < -0.3 is 5.73 Å². The van der Waals surface area contributed by atoms with Crippen molar-refractivity contribution in [2.45, 2.75) is 24.8 Å². The largest absolute Gasteiger partial charge is 0.327 e. The molecule has 6 nitrogen and oxygen atoms in total. The highest BCUT2D eigenvalue weighted by atomic mass is 35.5. The number of hydrogen-bond acceptors (Lipinski definition) is 4. The first-order valence-corrected chi connectivity index (χ1v) is 10.2. The summed E-state index contributed by atoms with van der Waals surface area (Å²) < 4.78 is 40.8. The monoisotopic (exact) mass is 470 g/mol. The van der Waals surface area contributed by atoms with Crippen molar-refractivity contribution in [2.24, 2.45) is 5.73 Å². The standard InChI is InChI=1S/C17H21Cl2FN4O2S.ClH/c1-11-14(17(19)22-24(11)10-13(20)6-7-21)8-12-4-5-16(15(18)9-12)27(25,26)23(2)3;/h4-6,9H,7-8,10,21H2,1-3H3;1H/b13-6-;. The predicted octanol–water partition coefficient (Wildman–Crippen LogP) is 3.57. The van der Waals surface area contributed by atoms with Crippen LogP contribution in [0.2, 0.25) is 10.2 Å². The first-order valence-electron chi connectivity index (χ1n) is 8.05. The zero-order valence-electron chi connectivity index (χ0n) is 15.6. The van der Waals surface area contributed by atoms with Gasteiger partial charge in [0.1, 0.15) is 10.7 Å². The van der Waals surface area contributed by atoms with Gasteiger partial charge in [-0.1, -0.05) is 29.3 Å². The zero-order valence-corrected chi connectivity index (χ0v) is 18.8. The van der Waals surface area contributed by atoms with Crippen molar-refractivity contribution >= 4 is 45.6 Å². The minimum absolute atomic E-state index is 0. The molecule has 0 saturated carbocycles. The minimum atomic E-state index is -3.63. The molecule has 0 fully saturated rings. The first-order chi connectivity index (χ1) is 12.6. The molecule has 0 bridgehead atoms. The molecule has 2 rings (SSSR count). The van der Waals surface area contributed by atoms with Crippen molar-refractivity contribution in [1.29, 1.82) is 0 Å². The van der Waals surface area contributed by atoms with Crippen LogP contribution < -0.4 is 5.73 Å². The number of allylic oxidation sites excluding steroid dienone is 1. The molecule has 156 valence electrons. The second-order valence-corrected chi connectivity index (χ2v) is 9.01. The zero-order chi connectivity index (χ0) is 20.4. The van der Waals surface area contributed by atoms with Gasteiger partial charge >= 0.3 is 0 Å². The van der Waals surface area contributed by atoms with Crippen LogP contribution in [0.5, 0.6) is 0 Å². The van der Waals surface area contributed by atoms with Gasteiger partial charge in [-0.25, -0.2) is 17.1 Å². The molecule has 28 heavy (non-hydrogen) atoms. The molecule has 0 saturated heterocycles. The summed E-state index contributed by atoms with van der Waals surface area (Å²) in [7, 11) is -0.748. The van der Waals surface area contributed by atoms with E-state index < -0.39 is 15.9 Å². The lowest BCUT2D eigenvalue weighted by Gasteiger charge is -2.13. The Morgan fingerprint density at radius 1 is 1.36 bits per heavy atom. The average Bonchev–Trinajstić information content (AvgIpc) is 2.82. The smallest absolute Gasteiger partial charge is 0.244 e. The molecule has 0 atom stereocenters. The molecule has 0 radical (unpaired) electrons. The Labute approximate surface area is 180 Å². The Hall–Kier alpha value is -1.16. The molecule has 0 spiro atoms. The van der Waals surface area contributed by atoms with Crippen LogP contribution in [0.3, 0.4) is 0 Å². The van der Waals surface area contributed by atoms with E-state index >= 15 is 0 Å². The molecule has 2 aromatic rings. The van der Waals surface area contributed by atoms with Gasteiger partial charge in [0.15, 0.2) is 5.15 Å². The van der Waals surface area contributed by atoms with Crippen molar-refractivity contribution in [3.8, 4) is 0 Å². The van der Waals surface area contributed by atoms with Crippen LogP contribution >= 0.6 is 35.6 Å². The van der Waals surface area contributed by atoms with Gasteiger partial charge in [-0.15, -0.1) is 12.4 Å². The Morgan fingerprint density at radius 2 is 2.00 bits per heavy atom. The lowest BCUT2D eigenvalue weighted by molar-refractivity contribution is 0.518. The molecule has 0 amide bonds. The number of nitrogens with two attached hydrogens (primary N) is 1. The number of rotatable bonds is 7. The summed E-state index contributed by atoms with van der Waals surface area (Å²) in [6, 6.07) is 4.72. The van der Waals surface area contributed by atoms with Gasteiger partial charge in [0.25, 0.3) is 0 Å². The molecule has 1 aromatic heterocycles. The molecule has 0 aliphatic rings. The highest BCUT2D eigenvalue weighted by molar-refractivity contribution is 7.89. The Kier molecular flexibility index (Phi) is 8.92. The summed E-state index contributed by atoms with van der Waals surface area (Å²) in [5, 5.41) is 4.54. The van der Waals surface area contributed by atoms with Gasteiger partial charge in [-0.05, 0) is 30.7 Å². The third-order valence-electron chi connectivity index (χ3n) is 4.06. The fourth-order valence-electron chi connectivity index (χ4n) is 2.50. The summed E-state index contributed by atoms with van der Waals surface area (Å²) in [5.74, 6) is -0.396. The van der Waals surface area contributed by atoms with Gasteiger partial charge in [-0.3, -0.25) is 4.68 Å². The van der Waals surface area contributed by atoms with Gasteiger partial charge in [0.05, 0.1) is 11.6 Å². The van der Waals surface area contributed by atoms with Crippen molar-refractivity contribution in [3.63, 3.8) is 0 Å². The number of nitrogens with zero attached hydrogens (tertiary/aromatic N) is 3. The molecule has 2 N–H and O–H groups in total. The predicted molar refractivity (Wildman–Crippen MR) is 113 cm³/mol. The average molecular weight is 472 g/mol. The van der Waals surface area contributed by atoms with Crippen LogP contribution in [0.15, 0.2) is 35.0 Å². The second kappa shape index (κ2) is 10.0. The number of sulfonamides is 1. The summed E-state index contributed by atoms with van der Waals surface area (Å²) in [6.07, 6.45) is 1.66. The van der Waals surface area contributed by atoms with E-state index in [4.69, 9.17) is 28.9 Å². The van der Waals surface area contributed by atoms with E-state index in [-0.39, 0.29) is 40.6 Å². The van der Waals surface area contributed by atoms with Gasteiger partial charge in [0.2, 0.25) is 10.0 Å². The Morgan fingerprint density at radius 3 is 2.54 bits per heavy atom. The minimum Gasteiger partial charge on any atom is -0.327 e. The Balaban J connectivity index is 0.00000392. The molecule has 1 aromatic carbocycles. The van der Waals surface area contributed by atoms with Crippen molar-refractivity contribution in [1.82, 2.24) is 14.1 Å². The Bertz CT molecular complexity index is 975. The molecule has 1 heterocycles. The van der Waals surface area contributed by atoms with Crippen molar-refractivity contribution in [2.75, 3.05) is 20.6 Å². The third-order valence-corrected chi connectivity index (χ3v) is 6.66. The lowest BCUT2D eigenvalue weighted by Crippen LogP contribution is -2.22.